The number of aromatic nitrogens is 1. The third kappa shape index (κ3) is 1.79. The van der Waals surface area contributed by atoms with Crippen LogP contribution in [0.2, 0.25) is 0 Å². The van der Waals surface area contributed by atoms with Crippen LogP contribution in [-0.2, 0) is 0 Å². The molecule has 0 saturated heterocycles. The standard InChI is InChI=1S/C10H6F2N2OS/c11-5-2-1-3-6(12)8(5)10-14-7(4-16-10)9(13)15/h1-4H,(H2,13,15). The van der Waals surface area contributed by atoms with E-state index in [1.807, 2.05) is 0 Å². The number of thiazole rings is 1. The third-order valence-electron chi connectivity index (χ3n) is 1.93. The SMILES string of the molecule is NC(=O)c1csc(-c2c(F)cccc2F)n1. The first kappa shape index (κ1) is 10.7. The molecule has 0 bridgehead atoms. The molecule has 0 aliphatic heterocycles. The first-order valence-corrected chi connectivity index (χ1v) is 5.17. The minimum Gasteiger partial charge on any atom is -0.364 e. The van der Waals surface area contributed by atoms with Crippen molar-refractivity contribution in [2.75, 3.05) is 0 Å². The van der Waals surface area contributed by atoms with Crippen LogP contribution in [0, 0.1) is 11.6 Å². The molecule has 2 aromatic rings. The average molecular weight is 240 g/mol. The lowest BCUT2D eigenvalue weighted by Gasteiger charge is -1.99. The maximum atomic E-state index is 13.4. The zero-order chi connectivity index (χ0) is 11.7. The predicted molar refractivity (Wildman–Crippen MR) is 56.0 cm³/mol. The van der Waals surface area contributed by atoms with Crippen molar-refractivity contribution in [2.24, 2.45) is 5.73 Å². The van der Waals surface area contributed by atoms with E-state index >= 15 is 0 Å². The lowest BCUT2D eigenvalue weighted by Crippen LogP contribution is -2.11. The van der Waals surface area contributed by atoms with Crippen LogP contribution in [0.15, 0.2) is 23.6 Å². The summed E-state index contributed by atoms with van der Waals surface area (Å²) in [6, 6.07) is 3.52. The second-order valence-corrected chi connectivity index (χ2v) is 3.86. The number of nitrogens with zero attached hydrogens (tertiary/aromatic N) is 1. The van der Waals surface area contributed by atoms with Crippen LogP contribution in [-0.4, -0.2) is 10.9 Å². The van der Waals surface area contributed by atoms with Gasteiger partial charge in [-0.2, -0.15) is 0 Å². The molecule has 0 unspecified atom stereocenters. The molecule has 0 aliphatic carbocycles. The maximum Gasteiger partial charge on any atom is 0.268 e. The highest BCUT2D eigenvalue weighted by molar-refractivity contribution is 7.13. The van der Waals surface area contributed by atoms with E-state index in [1.54, 1.807) is 0 Å². The van der Waals surface area contributed by atoms with Crippen molar-refractivity contribution >= 4 is 17.2 Å². The van der Waals surface area contributed by atoms with Gasteiger partial charge >= 0.3 is 0 Å². The zero-order valence-electron chi connectivity index (χ0n) is 7.91. The number of primary amides is 1. The van der Waals surface area contributed by atoms with Gasteiger partial charge < -0.3 is 5.73 Å². The van der Waals surface area contributed by atoms with Gasteiger partial charge in [0.15, 0.2) is 0 Å². The molecule has 1 aromatic carbocycles. The minimum atomic E-state index is -0.723. The lowest BCUT2D eigenvalue weighted by atomic mass is 10.2. The second-order valence-electron chi connectivity index (χ2n) is 3.00. The van der Waals surface area contributed by atoms with Crippen LogP contribution in [0.1, 0.15) is 10.5 Å². The number of hydrogen-bond acceptors (Lipinski definition) is 3. The first-order chi connectivity index (χ1) is 7.59. The van der Waals surface area contributed by atoms with Crippen LogP contribution in [0.4, 0.5) is 8.78 Å². The van der Waals surface area contributed by atoms with E-state index in [-0.39, 0.29) is 16.3 Å². The molecule has 2 N–H and O–H groups in total. The summed E-state index contributed by atoms with van der Waals surface area (Å²) in [5, 5.41) is 1.47. The molecular weight excluding hydrogens is 234 g/mol. The van der Waals surface area contributed by atoms with E-state index in [1.165, 1.54) is 11.4 Å². The quantitative estimate of drug-likeness (QED) is 0.874. The summed E-state index contributed by atoms with van der Waals surface area (Å²) in [6.07, 6.45) is 0. The second kappa shape index (κ2) is 3.97. The number of benzene rings is 1. The van der Waals surface area contributed by atoms with E-state index in [9.17, 15) is 13.6 Å². The Balaban J connectivity index is 2.54. The fraction of sp³-hybridized carbons (Fsp3) is 0. The molecule has 1 heterocycles. The van der Waals surface area contributed by atoms with Crippen molar-refractivity contribution < 1.29 is 13.6 Å². The molecule has 0 atom stereocenters. The van der Waals surface area contributed by atoms with Crippen molar-refractivity contribution in [3.8, 4) is 10.6 Å². The molecule has 82 valence electrons. The predicted octanol–water partition coefficient (Wildman–Crippen LogP) is 2.19. The Morgan fingerprint density at radius 1 is 1.31 bits per heavy atom. The van der Waals surface area contributed by atoms with Crippen molar-refractivity contribution in [1.82, 2.24) is 4.98 Å². The van der Waals surface area contributed by atoms with Gasteiger partial charge in [0.2, 0.25) is 0 Å². The molecular formula is C10H6F2N2OS. The Bertz CT molecular complexity index is 533. The molecule has 6 heteroatoms. The number of hydrogen-bond donors (Lipinski definition) is 1. The summed E-state index contributed by atoms with van der Waals surface area (Å²) in [6.45, 7) is 0. The smallest absolute Gasteiger partial charge is 0.268 e. The number of rotatable bonds is 2. The van der Waals surface area contributed by atoms with Gasteiger partial charge in [-0.25, -0.2) is 13.8 Å². The van der Waals surface area contributed by atoms with Gasteiger partial charge in [0.1, 0.15) is 22.3 Å². The number of carbonyl (C=O) groups excluding carboxylic acids is 1. The van der Waals surface area contributed by atoms with Gasteiger partial charge in [-0.1, -0.05) is 6.07 Å². The van der Waals surface area contributed by atoms with Gasteiger partial charge in [-0.15, -0.1) is 11.3 Å². The number of halogens is 2. The molecule has 0 fully saturated rings. The van der Waals surface area contributed by atoms with Crippen LogP contribution < -0.4 is 5.73 Å². The number of nitrogens with two attached hydrogens (primary N) is 1. The van der Waals surface area contributed by atoms with Crippen molar-refractivity contribution in [3.05, 3.63) is 40.9 Å². The molecule has 0 aliphatic rings. The molecule has 0 radical (unpaired) electrons. The summed E-state index contributed by atoms with van der Waals surface area (Å²) in [5.74, 6) is -2.16. The van der Waals surface area contributed by atoms with Crippen LogP contribution in [0.3, 0.4) is 0 Å². The highest BCUT2D eigenvalue weighted by Gasteiger charge is 2.15. The lowest BCUT2D eigenvalue weighted by molar-refractivity contribution is 0.0996. The summed E-state index contributed by atoms with van der Waals surface area (Å²) in [4.78, 5) is 14.6. The Morgan fingerprint density at radius 2 is 1.94 bits per heavy atom. The highest BCUT2D eigenvalue weighted by Crippen LogP contribution is 2.28. The van der Waals surface area contributed by atoms with Crippen LogP contribution >= 0.6 is 11.3 Å². The van der Waals surface area contributed by atoms with Crippen LogP contribution in [0.25, 0.3) is 10.6 Å². The van der Waals surface area contributed by atoms with Crippen molar-refractivity contribution in [3.63, 3.8) is 0 Å². The number of carbonyl (C=O) groups is 1. The van der Waals surface area contributed by atoms with Gasteiger partial charge in [0.05, 0.1) is 5.56 Å². The average Bonchev–Trinajstić information content (AvgIpc) is 2.66. The van der Waals surface area contributed by atoms with Gasteiger partial charge in [0, 0.05) is 5.38 Å². The fourth-order valence-electron chi connectivity index (χ4n) is 1.20. The topological polar surface area (TPSA) is 56.0 Å². The van der Waals surface area contributed by atoms with Crippen LogP contribution in [0.5, 0.6) is 0 Å². The van der Waals surface area contributed by atoms with Crippen molar-refractivity contribution in [1.29, 1.82) is 0 Å². The molecule has 16 heavy (non-hydrogen) atoms. The zero-order valence-corrected chi connectivity index (χ0v) is 8.72. The molecule has 0 saturated carbocycles. The Morgan fingerprint density at radius 3 is 2.44 bits per heavy atom. The van der Waals surface area contributed by atoms with Gasteiger partial charge in [-0.05, 0) is 12.1 Å². The Labute approximate surface area is 93.5 Å². The largest absolute Gasteiger partial charge is 0.364 e. The highest BCUT2D eigenvalue weighted by atomic mass is 32.1. The number of amides is 1. The molecule has 3 nitrogen and oxygen atoms in total. The first-order valence-electron chi connectivity index (χ1n) is 4.29. The molecule has 1 aromatic heterocycles. The summed E-state index contributed by atoms with van der Waals surface area (Å²) < 4.78 is 26.7. The third-order valence-corrected chi connectivity index (χ3v) is 2.79. The monoisotopic (exact) mass is 240 g/mol. The van der Waals surface area contributed by atoms with Crippen molar-refractivity contribution in [2.45, 2.75) is 0 Å². The molecule has 2 rings (SSSR count). The van der Waals surface area contributed by atoms with Gasteiger partial charge in [0.25, 0.3) is 5.91 Å². The van der Waals surface area contributed by atoms with Gasteiger partial charge in [-0.3, -0.25) is 4.79 Å². The maximum absolute atomic E-state index is 13.4. The summed E-state index contributed by atoms with van der Waals surface area (Å²) in [5.41, 5.74) is 4.77. The molecule has 0 spiro atoms. The fourth-order valence-corrected chi connectivity index (χ4v) is 2.06. The Hall–Kier alpha value is -1.82. The van der Waals surface area contributed by atoms with E-state index < -0.39 is 17.5 Å². The van der Waals surface area contributed by atoms with E-state index in [2.05, 4.69) is 4.98 Å². The summed E-state index contributed by atoms with van der Waals surface area (Å²) in [7, 11) is 0. The van der Waals surface area contributed by atoms with E-state index in [0.717, 1.165) is 23.5 Å². The molecule has 1 amide bonds. The minimum absolute atomic E-state index is 0.00246. The van der Waals surface area contributed by atoms with E-state index in [4.69, 9.17) is 5.73 Å². The Kier molecular flexibility index (Phi) is 2.66. The normalized spacial score (nSPS) is 10.4. The summed E-state index contributed by atoms with van der Waals surface area (Å²) >= 11 is 0.967. The van der Waals surface area contributed by atoms with E-state index in [0.29, 0.717) is 0 Å².